The van der Waals surface area contributed by atoms with Crippen molar-refractivity contribution in [3.8, 4) is 0 Å². The monoisotopic (exact) mass is 346 g/mol. The molecule has 2 rings (SSSR count). The third kappa shape index (κ3) is 5.35. The number of amides is 1. The number of rotatable bonds is 8. The van der Waals surface area contributed by atoms with Crippen LogP contribution in [-0.4, -0.2) is 37.2 Å². The highest BCUT2D eigenvalue weighted by Crippen LogP contribution is 2.21. The van der Waals surface area contributed by atoms with Gasteiger partial charge < -0.3 is 5.32 Å². The van der Waals surface area contributed by atoms with Crippen molar-refractivity contribution < 1.29 is 9.18 Å². The van der Waals surface area contributed by atoms with Crippen LogP contribution in [0.5, 0.6) is 0 Å². The number of hydrogen-bond acceptors (Lipinski definition) is 3. The fourth-order valence-corrected chi connectivity index (χ4v) is 3.31. The summed E-state index contributed by atoms with van der Waals surface area (Å²) in [7, 11) is 3.56. The predicted octanol–water partition coefficient (Wildman–Crippen LogP) is 3.73. The lowest BCUT2D eigenvalue weighted by Gasteiger charge is -2.24. The van der Waals surface area contributed by atoms with Crippen molar-refractivity contribution in [1.82, 2.24) is 10.2 Å². The molecule has 0 bridgehead atoms. The lowest BCUT2D eigenvalue weighted by atomic mass is 10.0. The van der Waals surface area contributed by atoms with Crippen LogP contribution in [0.4, 0.5) is 4.39 Å². The summed E-state index contributed by atoms with van der Waals surface area (Å²) in [6.07, 6.45) is 0.864. The van der Waals surface area contributed by atoms with Gasteiger partial charge in [-0.2, -0.15) is 0 Å². The number of carbonyl (C=O) groups excluding carboxylic acids is 1. The van der Waals surface area contributed by atoms with Crippen molar-refractivity contribution in [2.45, 2.75) is 17.4 Å². The van der Waals surface area contributed by atoms with E-state index in [0.717, 1.165) is 12.2 Å². The number of hydrogen-bond donors (Lipinski definition) is 1. The Morgan fingerprint density at radius 1 is 1.12 bits per heavy atom. The van der Waals surface area contributed by atoms with Gasteiger partial charge >= 0.3 is 0 Å². The number of thioether (sulfide) groups is 1. The van der Waals surface area contributed by atoms with Crippen molar-refractivity contribution in [2.75, 3.05) is 26.4 Å². The predicted molar refractivity (Wildman–Crippen MR) is 97.6 cm³/mol. The van der Waals surface area contributed by atoms with E-state index in [1.807, 2.05) is 18.2 Å². The Bertz CT molecular complexity index is 649. The van der Waals surface area contributed by atoms with E-state index < -0.39 is 6.04 Å². The molecule has 5 heteroatoms. The second kappa shape index (κ2) is 9.45. The van der Waals surface area contributed by atoms with E-state index >= 15 is 0 Å². The molecule has 3 nitrogen and oxygen atoms in total. The molecule has 0 fully saturated rings. The summed E-state index contributed by atoms with van der Waals surface area (Å²) in [4.78, 5) is 15.4. The summed E-state index contributed by atoms with van der Waals surface area (Å²) < 4.78 is 14.0. The maximum absolute atomic E-state index is 14.0. The van der Waals surface area contributed by atoms with Gasteiger partial charge in [-0.3, -0.25) is 9.69 Å². The molecule has 0 heterocycles. The summed E-state index contributed by atoms with van der Waals surface area (Å²) in [5.41, 5.74) is 0.402. The van der Waals surface area contributed by atoms with Crippen molar-refractivity contribution in [3.63, 3.8) is 0 Å². The Kier molecular flexibility index (Phi) is 7.28. The molecule has 0 spiro atoms. The van der Waals surface area contributed by atoms with E-state index in [2.05, 4.69) is 17.4 Å². The molecule has 2 aromatic rings. The molecule has 0 aliphatic heterocycles. The summed E-state index contributed by atoms with van der Waals surface area (Å²) >= 11 is 1.76. The largest absolute Gasteiger partial charge is 0.354 e. The number of benzene rings is 2. The third-order valence-corrected chi connectivity index (χ3v) is 4.70. The average Bonchev–Trinajstić information content (AvgIpc) is 2.57. The fraction of sp³-hybridized carbons (Fsp3) is 0.316. The van der Waals surface area contributed by atoms with Crippen LogP contribution in [-0.2, 0) is 4.79 Å². The molecule has 1 N–H and O–H groups in total. The molecule has 0 saturated carbocycles. The first kappa shape index (κ1) is 18.5. The average molecular weight is 346 g/mol. The minimum atomic E-state index is -0.618. The van der Waals surface area contributed by atoms with Crippen LogP contribution in [0.3, 0.4) is 0 Å². The van der Waals surface area contributed by atoms with Crippen LogP contribution in [0.25, 0.3) is 0 Å². The maximum atomic E-state index is 14.0. The minimum Gasteiger partial charge on any atom is -0.354 e. The van der Waals surface area contributed by atoms with Crippen LogP contribution in [0, 0.1) is 5.82 Å². The Morgan fingerprint density at radius 3 is 2.46 bits per heavy atom. The van der Waals surface area contributed by atoms with Crippen LogP contribution < -0.4 is 5.32 Å². The number of likely N-dealkylation sites (N-methyl/N-ethyl adjacent to an activating group) is 1. The molecule has 0 saturated heterocycles. The number of nitrogens with zero attached hydrogens (tertiary/aromatic N) is 1. The van der Waals surface area contributed by atoms with E-state index in [1.165, 1.54) is 11.0 Å². The molecular formula is C19H23FN2OS. The molecule has 0 aliphatic carbocycles. The van der Waals surface area contributed by atoms with E-state index in [4.69, 9.17) is 0 Å². The van der Waals surface area contributed by atoms with Crippen molar-refractivity contribution in [1.29, 1.82) is 0 Å². The molecule has 128 valence electrons. The summed E-state index contributed by atoms with van der Waals surface area (Å²) in [6, 6.07) is 16.0. The number of carbonyl (C=O) groups is 1. The first-order valence-electron chi connectivity index (χ1n) is 7.96. The summed E-state index contributed by atoms with van der Waals surface area (Å²) in [5, 5.41) is 2.92. The second-order valence-corrected chi connectivity index (χ2v) is 6.86. The van der Waals surface area contributed by atoms with Crippen molar-refractivity contribution >= 4 is 17.7 Å². The Balaban J connectivity index is 1.82. The minimum absolute atomic E-state index is 0.171. The molecule has 1 unspecified atom stereocenters. The molecule has 2 aromatic carbocycles. The van der Waals surface area contributed by atoms with Crippen molar-refractivity contribution in [2.24, 2.45) is 0 Å². The molecule has 0 aliphatic rings. The van der Waals surface area contributed by atoms with Crippen LogP contribution in [0.15, 0.2) is 59.5 Å². The van der Waals surface area contributed by atoms with Gasteiger partial charge in [-0.25, -0.2) is 4.39 Å². The maximum Gasteiger partial charge on any atom is 0.242 e. The normalized spacial score (nSPS) is 12.2. The molecule has 1 atom stereocenters. The summed E-state index contributed by atoms with van der Waals surface area (Å²) in [6.45, 7) is 0.581. The smallest absolute Gasteiger partial charge is 0.242 e. The van der Waals surface area contributed by atoms with Gasteiger partial charge in [0.15, 0.2) is 0 Å². The van der Waals surface area contributed by atoms with Crippen molar-refractivity contribution in [3.05, 3.63) is 66.0 Å². The molecular weight excluding hydrogens is 323 g/mol. The Hall–Kier alpha value is -1.85. The second-order valence-electron chi connectivity index (χ2n) is 5.69. The highest BCUT2D eigenvalue weighted by atomic mass is 32.2. The lowest BCUT2D eigenvalue weighted by molar-refractivity contribution is -0.125. The van der Waals surface area contributed by atoms with Gasteiger partial charge in [0.05, 0.1) is 0 Å². The zero-order chi connectivity index (χ0) is 17.4. The standard InChI is InChI=1S/C19H23FN2OS/c1-22(2)18(16-11-6-7-12-17(16)20)19(23)21-13-8-14-24-15-9-4-3-5-10-15/h3-7,9-12,18H,8,13-14H2,1-2H3,(H,21,23). The highest BCUT2D eigenvalue weighted by Gasteiger charge is 2.25. The van der Waals surface area contributed by atoms with Crippen LogP contribution in [0.1, 0.15) is 18.0 Å². The van der Waals surface area contributed by atoms with E-state index in [9.17, 15) is 9.18 Å². The van der Waals surface area contributed by atoms with E-state index in [0.29, 0.717) is 12.1 Å². The molecule has 0 aromatic heterocycles. The zero-order valence-electron chi connectivity index (χ0n) is 14.0. The highest BCUT2D eigenvalue weighted by molar-refractivity contribution is 7.99. The van der Waals surface area contributed by atoms with Gasteiger partial charge in [0.1, 0.15) is 11.9 Å². The fourth-order valence-electron chi connectivity index (χ4n) is 2.44. The number of nitrogens with one attached hydrogen (secondary N) is 1. The molecule has 1 amide bonds. The van der Waals surface area contributed by atoms with Crippen LogP contribution in [0.2, 0.25) is 0 Å². The lowest BCUT2D eigenvalue weighted by Crippen LogP contribution is -2.38. The summed E-state index contributed by atoms with van der Waals surface area (Å²) in [5.74, 6) is 0.400. The van der Waals surface area contributed by atoms with E-state index in [-0.39, 0.29) is 11.7 Å². The Morgan fingerprint density at radius 2 is 1.79 bits per heavy atom. The van der Waals surface area contributed by atoms with Gasteiger partial charge in [-0.05, 0) is 44.5 Å². The van der Waals surface area contributed by atoms with Crippen LogP contribution >= 0.6 is 11.8 Å². The molecule has 24 heavy (non-hydrogen) atoms. The topological polar surface area (TPSA) is 32.3 Å². The van der Waals surface area contributed by atoms with Gasteiger partial charge in [-0.15, -0.1) is 11.8 Å². The zero-order valence-corrected chi connectivity index (χ0v) is 14.9. The van der Waals surface area contributed by atoms with Gasteiger partial charge in [0.25, 0.3) is 0 Å². The first-order chi connectivity index (χ1) is 11.6. The van der Waals surface area contributed by atoms with Gasteiger partial charge in [0, 0.05) is 17.0 Å². The quantitative estimate of drug-likeness (QED) is 0.584. The SMILES string of the molecule is CN(C)C(C(=O)NCCCSc1ccccc1)c1ccccc1F. The molecule has 0 radical (unpaired) electrons. The Labute approximate surface area is 147 Å². The first-order valence-corrected chi connectivity index (χ1v) is 8.94. The van der Waals surface area contributed by atoms with Gasteiger partial charge in [-0.1, -0.05) is 36.4 Å². The van der Waals surface area contributed by atoms with E-state index in [1.54, 1.807) is 49.0 Å². The third-order valence-electron chi connectivity index (χ3n) is 3.60. The number of halogens is 1. The van der Waals surface area contributed by atoms with Gasteiger partial charge in [0.2, 0.25) is 5.91 Å².